The Kier molecular flexibility index (Phi) is 5.25. The predicted molar refractivity (Wildman–Crippen MR) is 64.8 cm³/mol. The Morgan fingerprint density at radius 3 is 2.65 bits per heavy atom. The van der Waals surface area contributed by atoms with Crippen molar-refractivity contribution in [3.63, 3.8) is 0 Å². The quantitative estimate of drug-likeness (QED) is 0.687. The molecule has 1 aliphatic rings. The highest BCUT2D eigenvalue weighted by Gasteiger charge is 2.30. The molecule has 0 saturated heterocycles. The molecular weight excluding hydrogens is 220 g/mol. The summed E-state index contributed by atoms with van der Waals surface area (Å²) in [5.41, 5.74) is 0. The van der Waals surface area contributed by atoms with Crippen molar-refractivity contribution in [2.45, 2.75) is 58.0 Å². The molecule has 0 aromatic rings. The van der Waals surface area contributed by atoms with Crippen LogP contribution in [0.4, 0.5) is 4.79 Å². The zero-order chi connectivity index (χ0) is 12.8. The normalized spacial score (nSPS) is 25.3. The molecule has 0 bridgehead atoms. The summed E-state index contributed by atoms with van der Waals surface area (Å²) < 4.78 is 0. The summed E-state index contributed by atoms with van der Waals surface area (Å²) in [5, 5.41) is 14.5. The average Bonchev–Trinajstić information content (AvgIpc) is 2.66. The molecule has 0 aromatic carbocycles. The lowest BCUT2D eigenvalue weighted by atomic mass is 10.1. The molecule has 5 heteroatoms. The second-order valence-electron chi connectivity index (χ2n) is 4.85. The summed E-state index contributed by atoms with van der Waals surface area (Å²) in [5.74, 6) is -1.05. The minimum absolute atomic E-state index is 0.00456. The smallest absolute Gasteiger partial charge is 0.315 e. The van der Waals surface area contributed by atoms with Gasteiger partial charge in [-0.2, -0.15) is 0 Å². The number of hydrogen-bond donors (Lipinski definition) is 3. The molecule has 0 radical (unpaired) electrons. The van der Waals surface area contributed by atoms with Gasteiger partial charge in [-0.25, -0.2) is 4.79 Å². The number of nitrogens with one attached hydrogen (secondary N) is 2. The summed E-state index contributed by atoms with van der Waals surface area (Å²) in [7, 11) is 0. The summed E-state index contributed by atoms with van der Waals surface area (Å²) in [6, 6.07) is -0.0106. The molecule has 3 atom stereocenters. The molecule has 0 aromatic heterocycles. The van der Waals surface area contributed by atoms with E-state index in [2.05, 4.69) is 17.6 Å². The van der Waals surface area contributed by atoms with Crippen LogP contribution < -0.4 is 10.6 Å². The molecule has 0 heterocycles. The SMILES string of the molecule is CCCC(C)NC(=O)NC1CCC(C(=O)O)C1. The average molecular weight is 242 g/mol. The van der Waals surface area contributed by atoms with Crippen LogP contribution in [0.2, 0.25) is 0 Å². The maximum Gasteiger partial charge on any atom is 0.315 e. The molecule has 1 saturated carbocycles. The second kappa shape index (κ2) is 6.47. The van der Waals surface area contributed by atoms with Crippen molar-refractivity contribution >= 4 is 12.0 Å². The van der Waals surface area contributed by atoms with Crippen molar-refractivity contribution in [2.24, 2.45) is 5.92 Å². The van der Waals surface area contributed by atoms with Gasteiger partial charge in [0.25, 0.3) is 0 Å². The molecule has 1 fully saturated rings. The highest BCUT2D eigenvalue weighted by atomic mass is 16.4. The largest absolute Gasteiger partial charge is 0.481 e. The third-order valence-electron chi connectivity index (χ3n) is 3.22. The van der Waals surface area contributed by atoms with E-state index in [1.165, 1.54) is 0 Å². The van der Waals surface area contributed by atoms with Crippen LogP contribution in [-0.4, -0.2) is 29.2 Å². The molecule has 98 valence electrons. The van der Waals surface area contributed by atoms with E-state index >= 15 is 0 Å². The first-order chi connectivity index (χ1) is 8.02. The van der Waals surface area contributed by atoms with Crippen LogP contribution in [0.1, 0.15) is 46.0 Å². The first kappa shape index (κ1) is 13.8. The van der Waals surface area contributed by atoms with Gasteiger partial charge in [-0.3, -0.25) is 4.79 Å². The maximum atomic E-state index is 11.6. The fourth-order valence-electron chi connectivity index (χ4n) is 2.29. The van der Waals surface area contributed by atoms with E-state index in [9.17, 15) is 9.59 Å². The van der Waals surface area contributed by atoms with Gasteiger partial charge in [-0.05, 0) is 32.6 Å². The van der Waals surface area contributed by atoms with Gasteiger partial charge in [0.15, 0.2) is 0 Å². The van der Waals surface area contributed by atoms with E-state index in [1.807, 2.05) is 6.92 Å². The zero-order valence-corrected chi connectivity index (χ0v) is 10.5. The van der Waals surface area contributed by atoms with Crippen molar-refractivity contribution in [1.29, 1.82) is 0 Å². The number of amides is 2. The van der Waals surface area contributed by atoms with Crippen molar-refractivity contribution in [3.8, 4) is 0 Å². The molecule has 3 N–H and O–H groups in total. The van der Waals surface area contributed by atoms with E-state index < -0.39 is 5.97 Å². The summed E-state index contributed by atoms with van der Waals surface area (Å²) >= 11 is 0. The Morgan fingerprint density at radius 2 is 2.12 bits per heavy atom. The Bertz CT molecular complexity index is 281. The lowest BCUT2D eigenvalue weighted by molar-refractivity contribution is -0.141. The fraction of sp³-hybridized carbons (Fsp3) is 0.833. The van der Waals surface area contributed by atoms with Gasteiger partial charge in [0.05, 0.1) is 5.92 Å². The van der Waals surface area contributed by atoms with E-state index in [1.54, 1.807) is 0 Å². The van der Waals surface area contributed by atoms with Gasteiger partial charge in [-0.1, -0.05) is 13.3 Å². The lowest BCUT2D eigenvalue weighted by Gasteiger charge is -2.17. The molecule has 3 unspecified atom stereocenters. The van der Waals surface area contributed by atoms with Gasteiger partial charge >= 0.3 is 12.0 Å². The van der Waals surface area contributed by atoms with E-state index in [0.29, 0.717) is 12.8 Å². The number of rotatable bonds is 5. The fourth-order valence-corrected chi connectivity index (χ4v) is 2.29. The van der Waals surface area contributed by atoms with Crippen LogP contribution >= 0.6 is 0 Å². The number of hydrogen-bond acceptors (Lipinski definition) is 2. The standard InChI is InChI=1S/C12H22N2O3/c1-3-4-8(2)13-12(17)14-10-6-5-9(7-10)11(15)16/h8-10H,3-7H2,1-2H3,(H,15,16)(H2,13,14,17). The van der Waals surface area contributed by atoms with Crippen molar-refractivity contribution in [1.82, 2.24) is 10.6 Å². The lowest BCUT2D eigenvalue weighted by Crippen LogP contribution is -2.44. The topological polar surface area (TPSA) is 78.4 Å². The maximum absolute atomic E-state index is 11.6. The van der Waals surface area contributed by atoms with Crippen LogP contribution in [0.15, 0.2) is 0 Å². The van der Waals surface area contributed by atoms with E-state index in [-0.39, 0.29) is 24.0 Å². The number of carbonyl (C=O) groups is 2. The number of aliphatic carboxylic acids is 1. The molecule has 1 rings (SSSR count). The zero-order valence-electron chi connectivity index (χ0n) is 10.5. The summed E-state index contributed by atoms with van der Waals surface area (Å²) in [6.45, 7) is 4.04. The van der Waals surface area contributed by atoms with E-state index in [0.717, 1.165) is 19.3 Å². The van der Waals surface area contributed by atoms with Crippen molar-refractivity contribution in [3.05, 3.63) is 0 Å². The highest BCUT2D eigenvalue weighted by Crippen LogP contribution is 2.25. The molecular formula is C12H22N2O3. The van der Waals surface area contributed by atoms with Gasteiger partial charge in [-0.15, -0.1) is 0 Å². The number of carboxylic acid groups (broad SMARTS) is 1. The van der Waals surface area contributed by atoms with E-state index in [4.69, 9.17) is 5.11 Å². The minimum atomic E-state index is -0.756. The molecule has 5 nitrogen and oxygen atoms in total. The van der Waals surface area contributed by atoms with Gasteiger partial charge in [0.1, 0.15) is 0 Å². The van der Waals surface area contributed by atoms with Crippen LogP contribution in [0.25, 0.3) is 0 Å². The van der Waals surface area contributed by atoms with Crippen LogP contribution in [-0.2, 0) is 4.79 Å². The Hall–Kier alpha value is -1.26. The van der Waals surface area contributed by atoms with Crippen LogP contribution in [0.3, 0.4) is 0 Å². The minimum Gasteiger partial charge on any atom is -0.481 e. The van der Waals surface area contributed by atoms with Crippen LogP contribution in [0.5, 0.6) is 0 Å². The Labute approximate surface area is 102 Å². The highest BCUT2D eigenvalue weighted by molar-refractivity contribution is 5.75. The second-order valence-corrected chi connectivity index (χ2v) is 4.85. The first-order valence-corrected chi connectivity index (χ1v) is 6.32. The third kappa shape index (κ3) is 4.63. The molecule has 0 aliphatic heterocycles. The van der Waals surface area contributed by atoms with Gasteiger partial charge in [0.2, 0.25) is 0 Å². The Morgan fingerprint density at radius 1 is 1.41 bits per heavy atom. The number of carbonyl (C=O) groups excluding carboxylic acids is 1. The third-order valence-corrected chi connectivity index (χ3v) is 3.22. The van der Waals surface area contributed by atoms with Crippen LogP contribution in [0, 0.1) is 5.92 Å². The van der Waals surface area contributed by atoms with Gasteiger partial charge in [0, 0.05) is 12.1 Å². The Balaban J connectivity index is 2.26. The molecule has 1 aliphatic carbocycles. The summed E-state index contributed by atoms with van der Waals surface area (Å²) in [4.78, 5) is 22.4. The molecule has 17 heavy (non-hydrogen) atoms. The number of urea groups is 1. The summed E-state index contributed by atoms with van der Waals surface area (Å²) in [6.07, 6.45) is 3.95. The predicted octanol–water partition coefficient (Wildman–Crippen LogP) is 1.73. The van der Waals surface area contributed by atoms with Crippen molar-refractivity contribution < 1.29 is 14.7 Å². The monoisotopic (exact) mass is 242 g/mol. The molecule has 0 spiro atoms. The molecule has 2 amide bonds. The first-order valence-electron chi connectivity index (χ1n) is 6.32. The van der Waals surface area contributed by atoms with Crippen molar-refractivity contribution in [2.75, 3.05) is 0 Å². The number of carboxylic acids is 1. The van der Waals surface area contributed by atoms with Gasteiger partial charge < -0.3 is 15.7 Å².